The van der Waals surface area contributed by atoms with E-state index in [2.05, 4.69) is 80.4 Å². The van der Waals surface area contributed by atoms with Gasteiger partial charge in [0, 0.05) is 0 Å². The van der Waals surface area contributed by atoms with Gasteiger partial charge in [0.15, 0.2) is 0 Å². The topological polar surface area (TPSA) is 6.48 Å². The molecule has 0 saturated carbocycles. The number of nitrogens with zero attached hydrogens (tertiary/aromatic N) is 2. The number of rotatable bonds is 6. The van der Waals surface area contributed by atoms with Crippen molar-refractivity contribution in [2.24, 2.45) is 0 Å². The fourth-order valence-electron chi connectivity index (χ4n) is 4.24. The van der Waals surface area contributed by atoms with E-state index in [1.807, 2.05) is 0 Å². The molecule has 2 nitrogen and oxygen atoms in total. The second kappa shape index (κ2) is 7.13. The Hall–Kier alpha value is 0.719. The average molecular weight is 377 g/mol. The maximum atomic E-state index is 2.89. The summed E-state index contributed by atoms with van der Waals surface area (Å²) in [5, 5.41) is 0. The van der Waals surface area contributed by atoms with E-state index < -0.39 is 18.9 Å². The van der Waals surface area contributed by atoms with Crippen LogP contribution in [0.15, 0.2) is 0 Å². The summed E-state index contributed by atoms with van der Waals surface area (Å²) < 4.78 is 7.11. The minimum atomic E-state index is -2.53. The van der Waals surface area contributed by atoms with Gasteiger partial charge >= 0.3 is 127 Å². The molecule has 3 heteroatoms. The Morgan fingerprint density at radius 2 is 1.21 bits per heavy atom. The standard InChI is InChI=1S/C7H16N.C6H14N.C2H5.CH3.Sn/c1-6(2)8-7(3,4)5;1-5(2)7-6(3)4;1-2;;/h6H,1-5H3;5-6H,1-4H3;1H2,2H3;1H3;/q2*-1;;;+2. The van der Waals surface area contributed by atoms with E-state index in [4.69, 9.17) is 0 Å². The molecule has 0 aromatic heterocycles. The Bertz CT molecular complexity index is 260. The maximum absolute atomic E-state index is 2.89. The van der Waals surface area contributed by atoms with Crippen molar-refractivity contribution in [2.75, 3.05) is 0 Å². The number of hydrogen-bond acceptors (Lipinski definition) is 2. The van der Waals surface area contributed by atoms with Crippen LogP contribution in [0.5, 0.6) is 0 Å². The van der Waals surface area contributed by atoms with Crippen LogP contribution >= 0.6 is 0 Å². The molecule has 1 unspecified atom stereocenters. The molecule has 0 amide bonds. The zero-order valence-electron chi connectivity index (χ0n) is 15.3. The summed E-state index contributed by atoms with van der Waals surface area (Å²) in [7, 11) is 0. The SMILES string of the molecule is C[CH2][Sn]([CH3])([N](C(C)C)C(C)C)[N](C(C)C)C(C)(C)C. The Balaban J connectivity index is 5.77. The summed E-state index contributed by atoms with van der Waals surface area (Å²) in [4.78, 5) is 2.62. The van der Waals surface area contributed by atoms with E-state index in [-0.39, 0.29) is 5.54 Å². The van der Waals surface area contributed by atoms with Crippen molar-refractivity contribution in [3.8, 4) is 0 Å². The molecular weight excluding hydrogens is 339 g/mol. The van der Waals surface area contributed by atoms with E-state index >= 15 is 0 Å². The van der Waals surface area contributed by atoms with Crippen LogP contribution in [0, 0.1) is 0 Å². The first-order valence-corrected chi connectivity index (χ1v) is 15.4. The molecule has 0 aromatic rings. The van der Waals surface area contributed by atoms with E-state index in [9.17, 15) is 0 Å². The molecule has 0 aliphatic heterocycles. The molecule has 116 valence electrons. The Labute approximate surface area is 127 Å². The molecule has 0 fully saturated rings. The quantitative estimate of drug-likeness (QED) is 0.619. The second-order valence-electron chi connectivity index (χ2n) is 7.80. The molecule has 0 rings (SSSR count). The third-order valence-corrected chi connectivity index (χ3v) is 20.4. The van der Waals surface area contributed by atoms with Crippen LogP contribution in [-0.2, 0) is 0 Å². The molecular formula is C16H38N2Sn. The molecule has 0 saturated heterocycles. The molecule has 0 aliphatic carbocycles. The fraction of sp³-hybridized carbons (Fsp3) is 1.00. The van der Waals surface area contributed by atoms with Crippen molar-refractivity contribution in [1.82, 2.24) is 6.24 Å². The monoisotopic (exact) mass is 378 g/mol. The molecule has 1 atom stereocenters. The van der Waals surface area contributed by atoms with Crippen molar-refractivity contribution in [3.63, 3.8) is 0 Å². The van der Waals surface area contributed by atoms with Crippen LogP contribution < -0.4 is 0 Å². The molecule has 0 bridgehead atoms. The van der Waals surface area contributed by atoms with Crippen LogP contribution in [0.1, 0.15) is 69.2 Å². The van der Waals surface area contributed by atoms with Crippen molar-refractivity contribution < 1.29 is 0 Å². The fourth-order valence-corrected chi connectivity index (χ4v) is 20.6. The van der Waals surface area contributed by atoms with Gasteiger partial charge in [-0.2, -0.15) is 0 Å². The second-order valence-corrected chi connectivity index (χ2v) is 19.6. The van der Waals surface area contributed by atoms with Gasteiger partial charge in [-0.05, 0) is 0 Å². The normalized spacial score (nSPS) is 17.1. The summed E-state index contributed by atoms with van der Waals surface area (Å²) in [6.45, 7) is 23.8. The van der Waals surface area contributed by atoms with Gasteiger partial charge in [-0.1, -0.05) is 0 Å². The van der Waals surface area contributed by atoms with Crippen LogP contribution in [0.3, 0.4) is 0 Å². The van der Waals surface area contributed by atoms with Gasteiger partial charge in [0.25, 0.3) is 0 Å². The van der Waals surface area contributed by atoms with E-state index in [1.54, 1.807) is 0 Å². The summed E-state index contributed by atoms with van der Waals surface area (Å²) in [5.41, 5.74) is 0.261. The van der Waals surface area contributed by atoms with Gasteiger partial charge in [0.05, 0.1) is 0 Å². The Kier molecular flexibility index (Phi) is 7.39. The summed E-state index contributed by atoms with van der Waals surface area (Å²) in [5.74, 6) is 0. The summed E-state index contributed by atoms with van der Waals surface area (Å²) in [6, 6.07) is 1.91. The summed E-state index contributed by atoms with van der Waals surface area (Å²) >= 11 is -2.53. The van der Waals surface area contributed by atoms with Crippen LogP contribution in [0.4, 0.5) is 0 Å². The molecule has 19 heavy (non-hydrogen) atoms. The van der Waals surface area contributed by atoms with Crippen LogP contribution in [0.25, 0.3) is 0 Å². The third-order valence-electron chi connectivity index (χ3n) is 4.10. The van der Waals surface area contributed by atoms with Crippen LogP contribution in [-0.4, -0.2) is 48.8 Å². The first-order chi connectivity index (χ1) is 8.39. The van der Waals surface area contributed by atoms with Crippen LogP contribution in [0.2, 0.25) is 9.38 Å². The van der Waals surface area contributed by atoms with Crippen molar-refractivity contribution in [3.05, 3.63) is 0 Å². The van der Waals surface area contributed by atoms with Gasteiger partial charge in [-0.25, -0.2) is 0 Å². The minimum absolute atomic E-state index is 0.261. The molecule has 0 radical (unpaired) electrons. The van der Waals surface area contributed by atoms with E-state index in [0.717, 1.165) is 0 Å². The molecule has 0 heterocycles. The van der Waals surface area contributed by atoms with Gasteiger partial charge in [-0.15, -0.1) is 0 Å². The van der Waals surface area contributed by atoms with Crippen molar-refractivity contribution in [2.45, 2.75) is 102 Å². The average Bonchev–Trinajstić information content (AvgIpc) is 2.12. The molecule has 0 aliphatic rings. The Morgan fingerprint density at radius 3 is 1.37 bits per heavy atom. The van der Waals surface area contributed by atoms with Gasteiger partial charge in [0.2, 0.25) is 0 Å². The predicted molar refractivity (Wildman–Crippen MR) is 90.9 cm³/mol. The van der Waals surface area contributed by atoms with E-state index in [0.29, 0.717) is 18.1 Å². The zero-order chi connectivity index (χ0) is 15.6. The molecule has 0 spiro atoms. The zero-order valence-corrected chi connectivity index (χ0v) is 18.2. The van der Waals surface area contributed by atoms with Crippen molar-refractivity contribution in [1.29, 1.82) is 0 Å². The third kappa shape index (κ3) is 4.60. The van der Waals surface area contributed by atoms with Gasteiger partial charge in [-0.3, -0.25) is 0 Å². The summed E-state index contributed by atoms with van der Waals surface area (Å²) in [6.07, 6.45) is 0. The Morgan fingerprint density at radius 1 is 0.842 bits per heavy atom. The first kappa shape index (κ1) is 19.7. The first-order valence-electron chi connectivity index (χ1n) is 7.97. The van der Waals surface area contributed by atoms with Gasteiger partial charge < -0.3 is 0 Å². The predicted octanol–water partition coefficient (Wildman–Crippen LogP) is 4.71. The van der Waals surface area contributed by atoms with Gasteiger partial charge in [0.1, 0.15) is 0 Å². The van der Waals surface area contributed by atoms with Crippen molar-refractivity contribution >= 4 is 18.9 Å². The molecule has 0 N–H and O–H groups in total. The molecule has 0 aromatic carbocycles. The van der Waals surface area contributed by atoms with E-state index in [1.165, 1.54) is 4.44 Å². The number of hydrogen-bond donors (Lipinski definition) is 0.